The number of hydrazine groups is 1. The summed E-state index contributed by atoms with van der Waals surface area (Å²) in [7, 11) is 2.11. The molecular weight excluding hydrogens is 264 g/mol. The normalized spacial score (nSPS) is 19.1. The Labute approximate surface area is 127 Å². The molecule has 1 aromatic carbocycles. The van der Waals surface area contributed by atoms with Crippen LogP contribution in [0.15, 0.2) is 24.3 Å². The van der Waals surface area contributed by atoms with Crippen LogP contribution >= 0.6 is 0 Å². The number of nitrogens with two attached hydrogens (primary N) is 1. The first-order valence-corrected chi connectivity index (χ1v) is 7.67. The van der Waals surface area contributed by atoms with E-state index in [1.54, 1.807) is 0 Å². The molecule has 1 aliphatic rings. The maximum Gasteiger partial charge on any atom is 0.265 e. The number of likely N-dealkylation sites (tertiary alicyclic amines) is 1. The summed E-state index contributed by atoms with van der Waals surface area (Å²) in [5, 5.41) is 0. The van der Waals surface area contributed by atoms with Gasteiger partial charge in [-0.3, -0.25) is 15.1 Å². The van der Waals surface area contributed by atoms with Gasteiger partial charge in [0.2, 0.25) is 0 Å². The van der Waals surface area contributed by atoms with Gasteiger partial charge in [-0.15, -0.1) is 0 Å². The fourth-order valence-corrected chi connectivity index (χ4v) is 3.19. The van der Waals surface area contributed by atoms with Gasteiger partial charge >= 0.3 is 0 Å². The molecule has 1 saturated heterocycles. The number of nitrogens with zero attached hydrogens (tertiary/aromatic N) is 2. The Morgan fingerprint density at radius 1 is 1.48 bits per heavy atom. The molecule has 1 aromatic rings. The molecule has 1 unspecified atom stereocenters. The topological polar surface area (TPSA) is 61.6 Å². The van der Waals surface area contributed by atoms with E-state index in [4.69, 9.17) is 5.84 Å². The Hall–Kier alpha value is -1.43. The van der Waals surface area contributed by atoms with E-state index >= 15 is 0 Å². The Bertz CT molecular complexity index is 477. The van der Waals surface area contributed by atoms with E-state index in [0.29, 0.717) is 11.6 Å². The molecule has 0 aliphatic carbocycles. The number of nitrogen functional groups attached to an aromatic ring is 1. The maximum absolute atomic E-state index is 11.8. The van der Waals surface area contributed by atoms with Crippen LogP contribution in [0.25, 0.3) is 0 Å². The highest BCUT2D eigenvalue weighted by atomic mass is 16.2. The van der Waals surface area contributed by atoms with Gasteiger partial charge in [0.1, 0.15) is 0 Å². The lowest BCUT2D eigenvalue weighted by atomic mass is 10.1. The second kappa shape index (κ2) is 7.54. The minimum absolute atomic E-state index is 0.227. The summed E-state index contributed by atoms with van der Waals surface area (Å²) in [6.07, 6.45) is 2.56. The lowest BCUT2D eigenvalue weighted by Crippen LogP contribution is -2.38. The average molecular weight is 290 g/mol. The molecule has 21 heavy (non-hydrogen) atoms. The molecule has 3 N–H and O–H groups in total. The first-order chi connectivity index (χ1) is 10.2. The largest absolute Gasteiger partial charge is 0.301 e. The van der Waals surface area contributed by atoms with Crippen LogP contribution in [0, 0.1) is 0 Å². The van der Waals surface area contributed by atoms with Crippen LogP contribution < -0.4 is 11.3 Å². The molecule has 1 atom stereocenters. The van der Waals surface area contributed by atoms with Crippen molar-refractivity contribution in [2.45, 2.75) is 32.4 Å². The van der Waals surface area contributed by atoms with Gasteiger partial charge in [0, 0.05) is 24.7 Å². The number of rotatable bonds is 6. The fraction of sp³-hybridized carbons (Fsp3) is 0.562. The number of amides is 1. The second-order valence-electron chi connectivity index (χ2n) is 5.75. The van der Waals surface area contributed by atoms with Crippen molar-refractivity contribution in [3.63, 3.8) is 0 Å². The van der Waals surface area contributed by atoms with Crippen LogP contribution in [-0.2, 0) is 6.54 Å². The SMILES string of the molecule is CCN1CCCC1CN(C)Cc1ccccc1C(=O)NN. The van der Waals surface area contributed by atoms with Crippen molar-refractivity contribution in [1.29, 1.82) is 0 Å². The Morgan fingerprint density at radius 3 is 2.95 bits per heavy atom. The summed E-state index contributed by atoms with van der Waals surface area (Å²) >= 11 is 0. The molecule has 1 heterocycles. The highest BCUT2D eigenvalue weighted by molar-refractivity contribution is 5.95. The summed E-state index contributed by atoms with van der Waals surface area (Å²) < 4.78 is 0. The summed E-state index contributed by atoms with van der Waals surface area (Å²) in [5.74, 6) is 5.03. The zero-order chi connectivity index (χ0) is 15.2. The predicted molar refractivity (Wildman–Crippen MR) is 84.7 cm³/mol. The highest BCUT2D eigenvalue weighted by Crippen LogP contribution is 2.18. The fourth-order valence-electron chi connectivity index (χ4n) is 3.19. The third kappa shape index (κ3) is 4.03. The summed E-state index contributed by atoms with van der Waals surface area (Å²) in [6.45, 7) is 6.34. The molecule has 1 fully saturated rings. The van der Waals surface area contributed by atoms with E-state index in [0.717, 1.165) is 25.2 Å². The molecule has 0 spiro atoms. The van der Waals surface area contributed by atoms with Gasteiger partial charge in [-0.05, 0) is 44.6 Å². The molecule has 0 bridgehead atoms. The van der Waals surface area contributed by atoms with Gasteiger partial charge in [0.05, 0.1) is 0 Å². The molecule has 1 aliphatic heterocycles. The summed E-state index contributed by atoms with van der Waals surface area (Å²) in [4.78, 5) is 16.6. The zero-order valence-electron chi connectivity index (χ0n) is 13.0. The summed E-state index contributed by atoms with van der Waals surface area (Å²) in [5.41, 5.74) is 3.89. The van der Waals surface area contributed by atoms with Crippen LogP contribution in [0.5, 0.6) is 0 Å². The van der Waals surface area contributed by atoms with Crippen molar-refractivity contribution in [1.82, 2.24) is 15.2 Å². The molecule has 2 rings (SSSR count). The van der Waals surface area contributed by atoms with Gasteiger partial charge in [0.15, 0.2) is 0 Å². The molecule has 1 amide bonds. The molecule has 0 radical (unpaired) electrons. The van der Waals surface area contributed by atoms with Crippen LogP contribution in [0.2, 0.25) is 0 Å². The van der Waals surface area contributed by atoms with Crippen molar-refractivity contribution < 1.29 is 4.79 Å². The summed E-state index contributed by atoms with van der Waals surface area (Å²) in [6, 6.07) is 8.27. The smallest absolute Gasteiger partial charge is 0.265 e. The average Bonchev–Trinajstić information content (AvgIpc) is 2.94. The van der Waals surface area contributed by atoms with E-state index in [2.05, 4.69) is 29.2 Å². The van der Waals surface area contributed by atoms with Gasteiger partial charge < -0.3 is 4.90 Å². The Morgan fingerprint density at radius 2 is 2.24 bits per heavy atom. The van der Waals surface area contributed by atoms with E-state index < -0.39 is 0 Å². The van der Waals surface area contributed by atoms with Crippen LogP contribution in [-0.4, -0.2) is 48.4 Å². The monoisotopic (exact) mass is 290 g/mol. The first kappa shape index (κ1) is 15.9. The molecule has 0 aromatic heterocycles. The van der Waals surface area contributed by atoms with Crippen molar-refractivity contribution in [3.05, 3.63) is 35.4 Å². The van der Waals surface area contributed by atoms with Crippen LogP contribution in [0.4, 0.5) is 0 Å². The first-order valence-electron chi connectivity index (χ1n) is 7.67. The minimum atomic E-state index is -0.227. The van der Waals surface area contributed by atoms with E-state index in [1.165, 1.54) is 19.4 Å². The number of likely N-dealkylation sites (N-methyl/N-ethyl adjacent to an activating group) is 2. The molecule has 0 saturated carbocycles. The number of carbonyl (C=O) groups excluding carboxylic acids is 1. The predicted octanol–water partition coefficient (Wildman–Crippen LogP) is 1.21. The van der Waals surface area contributed by atoms with Crippen LogP contribution in [0.3, 0.4) is 0 Å². The molecule has 5 nitrogen and oxygen atoms in total. The molecular formula is C16H26N4O. The van der Waals surface area contributed by atoms with Gasteiger partial charge in [-0.2, -0.15) is 0 Å². The Balaban J connectivity index is 1.99. The minimum Gasteiger partial charge on any atom is -0.301 e. The molecule has 5 heteroatoms. The van der Waals surface area contributed by atoms with E-state index in [1.807, 2.05) is 24.3 Å². The lowest BCUT2D eigenvalue weighted by Gasteiger charge is -2.28. The van der Waals surface area contributed by atoms with Crippen molar-refractivity contribution in [3.8, 4) is 0 Å². The van der Waals surface area contributed by atoms with Gasteiger partial charge in [0.25, 0.3) is 5.91 Å². The maximum atomic E-state index is 11.8. The van der Waals surface area contributed by atoms with Crippen LogP contribution in [0.1, 0.15) is 35.7 Å². The van der Waals surface area contributed by atoms with E-state index in [-0.39, 0.29) is 5.91 Å². The number of hydrogen-bond donors (Lipinski definition) is 2. The molecule has 116 valence electrons. The lowest BCUT2D eigenvalue weighted by molar-refractivity contribution is 0.0951. The number of benzene rings is 1. The number of nitrogens with one attached hydrogen (secondary N) is 1. The van der Waals surface area contributed by atoms with Gasteiger partial charge in [-0.1, -0.05) is 25.1 Å². The number of hydrogen-bond acceptors (Lipinski definition) is 4. The quantitative estimate of drug-likeness (QED) is 0.469. The van der Waals surface area contributed by atoms with Crippen molar-refractivity contribution >= 4 is 5.91 Å². The van der Waals surface area contributed by atoms with Gasteiger partial charge in [-0.25, -0.2) is 5.84 Å². The second-order valence-corrected chi connectivity index (χ2v) is 5.75. The Kier molecular flexibility index (Phi) is 5.73. The highest BCUT2D eigenvalue weighted by Gasteiger charge is 2.24. The van der Waals surface area contributed by atoms with Crippen molar-refractivity contribution in [2.75, 3.05) is 26.7 Å². The standard InChI is InChI=1S/C16H26N4O/c1-3-20-10-6-8-14(20)12-19(2)11-13-7-4-5-9-15(13)16(21)18-17/h4-5,7,9,14H,3,6,8,10-12,17H2,1-2H3,(H,18,21). The van der Waals surface area contributed by atoms with Crippen molar-refractivity contribution in [2.24, 2.45) is 5.84 Å². The third-order valence-electron chi connectivity index (χ3n) is 4.26. The third-order valence-corrected chi connectivity index (χ3v) is 4.26. The van der Waals surface area contributed by atoms with E-state index in [9.17, 15) is 4.79 Å². The number of carbonyl (C=O) groups is 1. The zero-order valence-corrected chi connectivity index (χ0v) is 13.0.